The molecule has 2 heteroatoms. The minimum atomic E-state index is 0.890. The topological polar surface area (TPSA) is 0 Å². The zero-order valence-electron chi connectivity index (χ0n) is 9.37. The number of hydrogen-bond acceptors (Lipinski definition) is 2. The number of thioether (sulfide) groups is 2. The van der Waals surface area contributed by atoms with Gasteiger partial charge in [-0.2, -0.15) is 23.5 Å². The SMILES string of the molecule is CC(C)C(C1CCCS1)C1CCCS1. The Balaban J connectivity index is 1.98. The van der Waals surface area contributed by atoms with Crippen LogP contribution in [-0.2, 0) is 0 Å². The van der Waals surface area contributed by atoms with E-state index in [1.165, 1.54) is 37.2 Å². The van der Waals surface area contributed by atoms with Crippen molar-refractivity contribution in [1.29, 1.82) is 0 Å². The Morgan fingerprint density at radius 1 is 0.929 bits per heavy atom. The van der Waals surface area contributed by atoms with Crippen LogP contribution >= 0.6 is 23.5 Å². The summed E-state index contributed by atoms with van der Waals surface area (Å²) in [6.07, 6.45) is 5.92. The third-order valence-corrected chi connectivity index (χ3v) is 6.56. The summed E-state index contributed by atoms with van der Waals surface area (Å²) >= 11 is 4.50. The molecule has 2 unspecified atom stereocenters. The molecule has 0 bridgehead atoms. The summed E-state index contributed by atoms with van der Waals surface area (Å²) in [6.45, 7) is 4.87. The van der Waals surface area contributed by atoms with Crippen LogP contribution in [0.25, 0.3) is 0 Å². The predicted molar refractivity (Wildman–Crippen MR) is 69.3 cm³/mol. The van der Waals surface area contributed by atoms with E-state index in [-0.39, 0.29) is 0 Å². The van der Waals surface area contributed by atoms with Crippen LogP contribution in [0.4, 0.5) is 0 Å². The molecule has 0 N–H and O–H groups in total. The van der Waals surface area contributed by atoms with Gasteiger partial charge in [0, 0.05) is 10.5 Å². The van der Waals surface area contributed by atoms with E-state index < -0.39 is 0 Å². The molecule has 14 heavy (non-hydrogen) atoms. The highest BCUT2D eigenvalue weighted by atomic mass is 32.2. The molecule has 2 saturated heterocycles. The van der Waals surface area contributed by atoms with Crippen molar-refractivity contribution < 1.29 is 0 Å². The monoisotopic (exact) mass is 230 g/mol. The molecule has 0 spiro atoms. The summed E-state index contributed by atoms with van der Waals surface area (Å²) in [4.78, 5) is 0. The van der Waals surface area contributed by atoms with Gasteiger partial charge in [-0.3, -0.25) is 0 Å². The molecule has 0 saturated carbocycles. The lowest BCUT2D eigenvalue weighted by Crippen LogP contribution is -2.29. The Bertz CT molecular complexity index is 151. The van der Waals surface area contributed by atoms with Gasteiger partial charge in [-0.25, -0.2) is 0 Å². The maximum absolute atomic E-state index is 2.43. The van der Waals surface area contributed by atoms with E-state index in [0.29, 0.717) is 0 Å². The highest BCUT2D eigenvalue weighted by Gasteiger charge is 2.35. The van der Waals surface area contributed by atoms with Crippen LogP contribution in [0.5, 0.6) is 0 Å². The second-order valence-electron chi connectivity index (χ2n) is 4.92. The minimum Gasteiger partial charge on any atom is -0.158 e. The third-order valence-electron chi connectivity index (χ3n) is 3.56. The van der Waals surface area contributed by atoms with Crippen molar-refractivity contribution in [2.45, 2.75) is 50.0 Å². The quantitative estimate of drug-likeness (QED) is 0.717. The molecule has 0 aromatic rings. The maximum Gasteiger partial charge on any atom is 0.00886 e. The van der Waals surface area contributed by atoms with E-state index in [4.69, 9.17) is 0 Å². The fourth-order valence-corrected chi connectivity index (χ4v) is 6.40. The lowest BCUT2D eigenvalue weighted by Gasteiger charge is -2.31. The Labute approximate surface area is 97.0 Å². The highest BCUT2D eigenvalue weighted by Crippen LogP contribution is 2.44. The van der Waals surface area contributed by atoms with Crippen molar-refractivity contribution in [2.75, 3.05) is 11.5 Å². The van der Waals surface area contributed by atoms with E-state index in [9.17, 15) is 0 Å². The second-order valence-corrected chi connectivity index (χ2v) is 7.62. The van der Waals surface area contributed by atoms with Crippen molar-refractivity contribution in [1.82, 2.24) is 0 Å². The summed E-state index contributed by atoms with van der Waals surface area (Å²) in [5, 5.41) is 1.98. The van der Waals surface area contributed by atoms with E-state index in [1.54, 1.807) is 0 Å². The van der Waals surface area contributed by atoms with Gasteiger partial charge in [0.25, 0.3) is 0 Å². The lowest BCUT2D eigenvalue weighted by atomic mass is 9.85. The average Bonchev–Trinajstić information content (AvgIpc) is 2.75. The molecule has 2 rings (SSSR count). The first kappa shape index (κ1) is 11.2. The molecule has 0 aromatic heterocycles. The zero-order chi connectivity index (χ0) is 9.97. The fraction of sp³-hybridized carbons (Fsp3) is 1.00. The van der Waals surface area contributed by atoms with Crippen LogP contribution in [-0.4, -0.2) is 22.0 Å². The smallest absolute Gasteiger partial charge is 0.00886 e. The lowest BCUT2D eigenvalue weighted by molar-refractivity contribution is 0.350. The summed E-state index contributed by atoms with van der Waals surface area (Å²) < 4.78 is 0. The Morgan fingerprint density at radius 2 is 1.43 bits per heavy atom. The van der Waals surface area contributed by atoms with Crippen LogP contribution in [0.3, 0.4) is 0 Å². The van der Waals surface area contributed by atoms with E-state index in [0.717, 1.165) is 22.3 Å². The van der Waals surface area contributed by atoms with Crippen LogP contribution < -0.4 is 0 Å². The van der Waals surface area contributed by atoms with Gasteiger partial charge in [0.15, 0.2) is 0 Å². The van der Waals surface area contributed by atoms with E-state index in [1.807, 2.05) is 0 Å². The van der Waals surface area contributed by atoms with Crippen LogP contribution in [0.15, 0.2) is 0 Å². The maximum atomic E-state index is 2.43. The van der Waals surface area contributed by atoms with Crippen molar-refractivity contribution in [3.05, 3.63) is 0 Å². The van der Waals surface area contributed by atoms with Gasteiger partial charge in [0.05, 0.1) is 0 Å². The molecule has 0 amide bonds. The van der Waals surface area contributed by atoms with Crippen molar-refractivity contribution in [3.8, 4) is 0 Å². The predicted octanol–water partition coefficient (Wildman–Crippen LogP) is 4.05. The summed E-state index contributed by atoms with van der Waals surface area (Å²) in [5.41, 5.74) is 0. The first-order chi connectivity index (χ1) is 6.79. The van der Waals surface area contributed by atoms with Crippen molar-refractivity contribution in [2.24, 2.45) is 11.8 Å². The zero-order valence-corrected chi connectivity index (χ0v) is 11.0. The largest absolute Gasteiger partial charge is 0.158 e. The molecule has 0 nitrogen and oxygen atoms in total. The van der Waals surface area contributed by atoms with Crippen molar-refractivity contribution >= 4 is 23.5 Å². The number of rotatable bonds is 3. The van der Waals surface area contributed by atoms with E-state index >= 15 is 0 Å². The van der Waals surface area contributed by atoms with Gasteiger partial charge in [-0.05, 0) is 49.0 Å². The van der Waals surface area contributed by atoms with Gasteiger partial charge in [-0.1, -0.05) is 13.8 Å². The van der Waals surface area contributed by atoms with Gasteiger partial charge in [0.1, 0.15) is 0 Å². The molecule has 82 valence electrons. The van der Waals surface area contributed by atoms with Gasteiger partial charge >= 0.3 is 0 Å². The highest BCUT2D eigenvalue weighted by molar-refractivity contribution is 8.01. The second kappa shape index (κ2) is 5.16. The average molecular weight is 230 g/mol. The molecule has 2 atom stereocenters. The molecule has 2 fully saturated rings. The molecule has 2 aliphatic rings. The summed E-state index contributed by atoms with van der Waals surface area (Å²) in [6, 6.07) is 0. The molecular weight excluding hydrogens is 208 g/mol. The fourth-order valence-electron chi connectivity index (χ4n) is 2.91. The minimum absolute atomic E-state index is 0.890. The standard InChI is InChI=1S/C12H22S2/c1-9(2)12(10-5-3-7-13-10)11-6-4-8-14-11/h9-12H,3-8H2,1-2H3. The molecule has 2 aliphatic heterocycles. The summed E-state index contributed by atoms with van der Waals surface area (Å²) in [5.74, 6) is 4.73. The van der Waals surface area contributed by atoms with Gasteiger partial charge in [0.2, 0.25) is 0 Å². The molecule has 0 radical (unpaired) electrons. The van der Waals surface area contributed by atoms with Gasteiger partial charge < -0.3 is 0 Å². The Hall–Kier alpha value is 0.700. The van der Waals surface area contributed by atoms with E-state index in [2.05, 4.69) is 37.4 Å². The molecule has 2 heterocycles. The van der Waals surface area contributed by atoms with Crippen LogP contribution in [0.2, 0.25) is 0 Å². The van der Waals surface area contributed by atoms with Gasteiger partial charge in [-0.15, -0.1) is 0 Å². The Kier molecular flexibility index (Phi) is 4.12. The summed E-state index contributed by atoms with van der Waals surface area (Å²) in [7, 11) is 0. The van der Waals surface area contributed by atoms with Crippen LogP contribution in [0.1, 0.15) is 39.5 Å². The first-order valence-corrected chi connectivity index (χ1v) is 8.12. The number of hydrogen-bond donors (Lipinski definition) is 0. The normalized spacial score (nSPS) is 35.4. The molecular formula is C12H22S2. The first-order valence-electron chi connectivity index (χ1n) is 6.02. The molecule has 0 aliphatic carbocycles. The van der Waals surface area contributed by atoms with Crippen molar-refractivity contribution in [3.63, 3.8) is 0 Å². The Morgan fingerprint density at radius 3 is 1.71 bits per heavy atom. The van der Waals surface area contributed by atoms with Crippen LogP contribution in [0, 0.1) is 11.8 Å². The third kappa shape index (κ3) is 2.44. The molecule has 0 aromatic carbocycles.